The van der Waals surface area contributed by atoms with E-state index in [9.17, 15) is 18.0 Å². The van der Waals surface area contributed by atoms with E-state index in [1.807, 2.05) is 0 Å². The van der Waals surface area contributed by atoms with Crippen molar-refractivity contribution < 1.29 is 22.2 Å². The Hall–Kier alpha value is -0.750. The van der Waals surface area contributed by atoms with E-state index < -0.39 is 22.5 Å². The summed E-state index contributed by atoms with van der Waals surface area (Å²) in [6.45, 7) is -0.706. The molecule has 0 bridgehead atoms. The summed E-state index contributed by atoms with van der Waals surface area (Å²) in [6.07, 6.45) is 0.802. The number of Topliss-reactive ketones (excluding diaryl/α,β-unsaturated/α-hetero) is 1. The van der Waals surface area contributed by atoms with Crippen LogP contribution in [0.5, 0.6) is 0 Å². The average molecular weight is 166 g/mol. The fourth-order valence-electron chi connectivity index (χ4n) is 0.199. The van der Waals surface area contributed by atoms with E-state index >= 15 is 0 Å². The maximum absolute atomic E-state index is 10.2. The summed E-state index contributed by atoms with van der Waals surface area (Å²) in [6, 6.07) is 0. The summed E-state index contributed by atoms with van der Waals surface area (Å²) in [5.41, 5.74) is 0. The van der Waals surface area contributed by atoms with Gasteiger partial charge in [-0.3, -0.25) is 13.8 Å². The lowest BCUT2D eigenvalue weighted by atomic mass is 10.5. The van der Waals surface area contributed by atoms with Gasteiger partial charge in [0, 0.05) is 0 Å². The second-order valence-corrected chi connectivity index (χ2v) is 3.19. The van der Waals surface area contributed by atoms with E-state index in [2.05, 4.69) is 4.18 Å². The van der Waals surface area contributed by atoms with Crippen LogP contribution in [0.1, 0.15) is 0 Å². The lowest BCUT2D eigenvalue weighted by Crippen LogP contribution is -2.13. The maximum atomic E-state index is 10.2. The van der Waals surface area contributed by atoms with Gasteiger partial charge in [0.05, 0.1) is 6.26 Å². The quantitative estimate of drug-likeness (QED) is 0.295. The van der Waals surface area contributed by atoms with Crippen molar-refractivity contribution in [1.82, 2.24) is 0 Å². The highest BCUT2D eigenvalue weighted by atomic mass is 32.2. The fourth-order valence-corrected chi connectivity index (χ4v) is 0.529. The molecule has 0 saturated heterocycles. The van der Waals surface area contributed by atoms with E-state index in [1.165, 1.54) is 0 Å². The number of aldehydes is 1. The van der Waals surface area contributed by atoms with Crippen molar-refractivity contribution in [1.29, 1.82) is 0 Å². The van der Waals surface area contributed by atoms with Crippen LogP contribution in [0.3, 0.4) is 0 Å². The highest BCUT2D eigenvalue weighted by Gasteiger charge is 2.05. The van der Waals surface area contributed by atoms with Crippen molar-refractivity contribution in [3.05, 3.63) is 0 Å². The van der Waals surface area contributed by atoms with Crippen LogP contribution in [0.15, 0.2) is 0 Å². The van der Waals surface area contributed by atoms with Gasteiger partial charge in [-0.25, -0.2) is 0 Å². The number of rotatable bonds is 4. The molecule has 0 aromatic rings. The smallest absolute Gasteiger partial charge is 0.264 e. The predicted molar refractivity (Wildman–Crippen MR) is 31.9 cm³/mol. The molecule has 0 radical (unpaired) electrons. The van der Waals surface area contributed by atoms with E-state index in [4.69, 9.17) is 0 Å². The van der Waals surface area contributed by atoms with Crippen molar-refractivity contribution in [3.8, 4) is 0 Å². The molecule has 0 aromatic carbocycles. The molecule has 5 nitrogen and oxygen atoms in total. The van der Waals surface area contributed by atoms with E-state index in [-0.39, 0.29) is 6.29 Å². The summed E-state index contributed by atoms with van der Waals surface area (Å²) >= 11 is 0. The van der Waals surface area contributed by atoms with Gasteiger partial charge in [0.25, 0.3) is 10.1 Å². The Morgan fingerprint density at radius 1 is 1.60 bits per heavy atom. The Labute approximate surface area is 58.1 Å². The number of ketones is 1. The van der Waals surface area contributed by atoms with Crippen LogP contribution in [-0.2, 0) is 23.9 Å². The van der Waals surface area contributed by atoms with Crippen LogP contribution in [0.4, 0.5) is 0 Å². The molecule has 0 heterocycles. The first-order valence-electron chi connectivity index (χ1n) is 2.28. The standard InChI is InChI=1S/C4H6O5S/c1-10(7,8)9-3-4(6)2-5/h2H,3H2,1H3. The summed E-state index contributed by atoms with van der Waals surface area (Å²) in [5, 5.41) is 0. The lowest BCUT2D eigenvalue weighted by molar-refractivity contribution is -0.131. The Balaban J connectivity index is 3.78. The zero-order valence-electron chi connectivity index (χ0n) is 5.23. The molecule has 0 aliphatic rings. The van der Waals surface area contributed by atoms with Gasteiger partial charge in [-0.05, 0) is 0 Å². The highest BCUT2D eigenvalue weighted by molar-refractivity contribution is 7.86. The fraction of sp³-hybridized carbons (Fsp3) is 0.500. The third kappa shape index (κ3) is 5.39. The third-order valence-corrected chi connectivity index (χ3v) is 1.09. The zero-order chi connectivity index (χ0) is 8.20. The van der Waals surface area contributed by atoms with Crippen LogP contribution in [0.25, 0.3) is 0 Å². The summed E-state index contributed by atoms with van der Waals surface area (Å²) in [5.74, 6) is -0.898. The molecule has 0 fully saturated rings. The predicted octanol–water partition coefficient (Wildman–Crippen LogP) is -1.27. The molecule has 0 saturated carbocycles. The number of carbonyl (C=O) groups is 2. The van der Waals surface area contributed by atoms with Crippen molar-refractivity contribution in [2.45, 2.75) is 0 Å². The minimum atomic E-state index is -3.61. The summed E-state index contributed by atoms with van der Waals surface area (Å²) < 4.78 is 24.3. The molecular formula is C4H6O5S. The summed E-state index contributed by atoms with van der Waals surface area (Å²) in [4.78, 5) is 19.7. The third-order valence-electron chi connectivity index (χ3n) is 0.547. The van der Waals surface area contributed by atoms with Crippen LogP contribution in [0.2, 0.25) is 0 Å². The maximum Gasteiger partial charge on any atom is 0.264 e. The minimum Gasteiger partial charge on any atom is -0.295 e. The number of hydrogen-bond acceptors (Lipinski definition) is 5. The van der Waals surface area contributed by atoms with Gasteiger partial charge < -0.3 is 0 Å². The summed E-state index contributed by atoms with van der Waals surface area (Å²) in [7, 11) is -3.61. The van der Waals surface area contributed by atoms with Crippen LogP contribution in [-0.4, -0.2) is 33.3 Å². The molecule has 0 spiro atoms. The Kier molecular flexibility index (Phi) is 3.17. The van der Waals surface area contributed by atoms with E-state index in [0.717, 1.165) is 6.26 Å². The van der Waals surface area contributed by atoms with Crippen molar-refractivity contribution in [3.63, 3.8) is 0 Å². The van der Waals surface area contributed by atoms with Gasteiger partial charge in [0.2, 0.25) is 5.78 Å². The second-order valence-electron chi connectivity index (χ2n) is 1.55. The van der Waals surface area contributed by atoms with Crippen LogP contribution in [0, 0.1) is 0 Å². The van der Waals surface area contributed by atoms with Crippen LogP contribution >= 0.6 is 0 Å². The molecular weight excluding hydrogens is 160 g/mol. The molecule has 6 heteroatoms. The molecule has 0 N–H and O–H groups in total. The Morgan fingerprint density at radius 3 is 2.40 bits per heavy atom. The molecule has 10 heavy (non-hydrogen) atoms. The molecule has 0 rings (SSSR count). The SMILES string of the molecule is CS(=O)(=O)OCC(=O)C=O. The second kappa shape index (κ2) is 3.43. The Morgan fingerprint density at radius 2 is 2.10 bits per heavy atom. The first-order chi connectivity index (χ1) is 4.45. The van der Waals surface area contributed by atoms with E-state index in [1.54, 1.807) is 0 Å². The minimum absolute atomic E-state index is 0.00514. The molecule has 0 amide bonds. The van der Waals surface area contributed by atoms with E-state index in [0.29, 0.717) is 0 Å². The zero-order valence-corrected chi connectivity index (χ0v) is 6.05. The first-order valence-corrected chi connectivity index (χ1v) is 4.10. The Bertz CT molecular complexity index is 226. The molecule has 0 aliphatic carbocycles. The molecule has 0 atom stereocenters. The normalized spacial score (nSPS) is 10.9. The largest absolute Gasteiger partial charge is 0.295 e. The molecule has 0 unspecified atom stereocenters. The van der Waals surface area contributed by atoms with Gasteiger partial charge in [0.1, 0.15) is 6.61 Å². The highest BCUT2D eigenvalue weighted by Crippen LogP contribution is 1.84. The monoisotopic (exact) mass is 166 g/mol. The lowest BCUT2D eigenvalue weighted by Gasteiger charge is -1.93. The topological polar surface area (TPSA) is 77.5 Å². The van der Waals surface area contributed by atoms with Crippen molar-refractivity contribution in [2.24, 2.45) is 0 Å². The molecule has 0 aromatic heterocycles. The first kappa shape index (κ1) is 9.25. The van der Waals surface area contributed by atoms with Gasteiger partial charge in [0.15, 0.2) is 6.29 Å². The van der Waals surface area contributed by atoms with Gasteiger partial charge in [-0.2, -0.15) is 8.42 Å². The molecule has 58 valence electrons. The van der Waals surface area contributed by atoms with Crippen LogP contribution < -0.4 is 0 Å². The number of carbonyl (C=O) groups excluding carboxylic acids is 2. The average Bonchev–Trinajstić information content (AvgIpc) is 1.81. The van der Waals surface area contributed by atoms with Gasteiger partial charge >= 0.3 is 0 Å². The van der Waals surface area contributed by atoms with Crippen molar-refractivity contribution in [2.75, 3.05) is 12.9 Å². The number of hydrogen-bond donors (Lipinski definition) is 0. The van der Waals surface area contributed by atoms with Gasteiger partial charge in [-0.1, -0.05) is 0 Å². The van der Waals surface area contributed by atoms with Gasteiger partial charge in [-0.15, -0.1) is 0 Å². The molecule has 0 aliphatic heterocycles. The van der Waals surface area contributed by atoms with Crippen molar-refractivity contribution >= 4 is 22.2 Å².